The molecule has 1 saturated heterocycles. The molecule has 0 spiro atoms. The molecule has 1 aliphatic heterocycles. The number of carbonyl (C=O) groups excluding carboxylic acids is 2. The summed E-state index contributed by atoms with van der Waals surface area (Å²) in [4.78, 5) is 32.1. The summed E-state index contributed by atoms with van der Waals surface area (Å²) in [6, 6.07) is 15.8. The molecule has 9 heteroatoms. The molecule has 2 heterocycles. The van der Waals surface area contributed by atoms with Crippen molar-refractivity contribution in [2.24, 2.45) is 5.92 Å². The number of amides is 2. The van der Waals surface area contributed by atoms with E-state index in [1.165, 1.54) is 12.1 Å². The van der Waals surface area contributed by atoms with E-state index in [1.54, 1.807) is 22.9 Å². The molecular weight excluding hydrogens is 475 g/mol. The smallest absolute Gasteiger partial charge is 0.339 e. The number of benzene rings is 2. The first-order valence-electron chi connectivity index (χ1n) is 11.2. The van der Waals surface area contributed by atoms with Gasteiger partial charge in [0.15, 0.2) is 0 Å². The minimum atomic E-state index is -4.44. The number of piperidine rings is 1. The molecule has 2 amide bonds. The van der Waals surface area contributed by atoms with E-state index < -0.39 is 11.7 Å². The van der Waals surface area contributed by atoms with E-state index in [0.717, 1.165) is 28.3 Å². The first kappa shape index (κ1) is 24.8. The van der Waals surface area contributed by atoms with Crippen LogP contribution in [0.15, 0.2) is 78.0 Å². The van der Waals surface area contributed by atoms with E-state index >= 15 is 0 Å². The summed E-state index contributed by atoms with van der Waals surface area (Å²) < 4.78 is 38.2. The lowest BCUT2D eigenvalue weighted by Gasteiger charge is -2.31. The van der Waals surface area contributed by atoms with Crippen molar-refractivity contribution in [3.63, 3.8) is 0 Å². The number of hydrogen-bond donors (Lipinski definition) is 1. The van der Waals surface area contributed by atoms with Gasteiger partial charge in [-0.15, -0.1) is 11.8 Å². The van der Waals surface area contributed by atoms with Gasteiger partial charge in [0.25, 0.3) is 5.91 Å². The molecule has 35 heavy (non-hydrogen) atoms. The van der Waals surface area contributed by atoms with Gasteiger partial charge in [-0.25, -0.2) is 0 Å². The normalized spacial score (nSPS) is 14.5. The number of thioether (sulfide) groups is 1. The number of rotatable bonds is 6. The molecule has 2 aromatic carbocycles. The van der Waals surface area contributed by atoms with Crippen molar-refractivity contribution in [3.8, 4) is 0 Å². The number of carbonyl (C=O) groups is 2. The topological polar surface area (TPSA) is 62.3 Å². The lowest BCUT2D eigenvalue weighted by molar-refractivity contribution is -0.137. The molecule has 0 unspecified atom stereocenters. The molecule has 3 aromatic rings. The van der Waals surface area contributed by atoms with E-state index in [9.17, 15) is 22.8 Å². The summed E-state index contributed by atoms with van der Waals surface area (Å²) in [5.41, 5.74) is 1.27. The maximum Gasteiger partial charge on any atom is 0.416 e. The number of hydrogen-bond acceptors (Lipinski definition) is 4. The van der Waals surface area contributed by atoms with Crippen LogP contribution in [0.3, 0.4) is 0 Å². The Bertz CT molecular complexity index is 1150. The Morgan fingerprint density at radius 3 is 2.29 bits per heavy atom. The van der Waals surface area contributed by atoms with Crippen LogP contribution in [0, 0.1) is 5.92 Å². The van der Waals surface area contributed by atoms with Crippen LogP contribution in [0.5, 0.6) is 0 Å². The Labute approximate surface area is 205 Å². The predicted octanol–water partition coefficient (Wildman–Crippen LogP) is 5.88. The first-order valence-corrected chi connectivity index (χ1v) is 12.2. The Kier molecular flexibility index (Phi) is 7.75. The van der Waals surface area contributed by atoms with E-state index in [0.29, 0.717) is 31.6 Å². The van der Waals surface area contributed by atoms with Gasteiger partial charge in [0, 0.05) is 53.3 Å². The summed E-state index contributed by atoms with van der Waals surface area (Å²) in [5, 5.41) is 2.94. The molecular formula is C26H24F3N3O2S. The van der Waals surface area contributed by atoms with Gasteiger partial charge in [0.2, 0.25) is 5.91 Å². The number of anilines is 1. The lowest BCUT2D eigenvalue weighted by Crippen LogP contribution is -2.41. The maximum atomic E-state index is 12.7. The summed E-state index contributed by atoms with van der Waals surface area (Å²) in [6.07, 6.45) is 0.136. The average molecular weight is 500 g/mol. The monoisotopic (exact) mass is 499 g/mol. The minimum absolute atomic E-state index is 0.0950. The Balaban J connectivity index is 1.25. The highest BCUT2D eigenvalue weighted by Gasteiger charge is 2.31. The number of halogens is 3. The molecule has 182 valence electrons. The van der Waals surface area contributed by atoms with Crippen LogP contribution in [0.1, 0.15) is 34.3 Å². The first-order chi connectivity index (χ1) is 16.8. The summed E-state index contributed by atoms with van der Waals surface area (Å²) >= 11 is 1.69. The molecule has 1 fully saturated rings. The van der Waals surface area contributed by atoms with Gasteiger partial charge < -0.3 is 10.2 Å². The number of nitrogens with zero attached hydrogens (tertiary/aromatic N) is 2. The van der Waals surface area contributed by atoms with Gasteiger partial charge in [0.05, 0.1) is 5.56 Å². The highest BCUT2D eigenvalue weighted by atomic mass is 32.2. The molecule has 0 bridgehead atoms. The number of aromatic nitrogens is 1. The molecule has 1 N–H and O–H groups in total. The third-order valence-corrected chi connectivity index (χ3v) is 6.95. The third kappa shape index (κ3) is 6.63. The van der Waals surface area contributed by atoms with Crippen LogP contribution in [0.25, 0.3) is 0 Å². The Morgan fingerprint density at radius 1 is 1.00 bits per heavy atom. The van der Waals surface area contributed by atoms with E-state index in [2.05, 4.69) is 10.3 Å². The molecule has 0 aliphatic carbocycles. The number of likely N-dealkylation sites (tertiary alicyclic amines) is 1. The van der Waals surface area contributed by atoms with Gasteiger partial charge in [-0.3, -0.25) is 14.6 Å². The lowest BCUT2D eigenvalue weighted by atomic mass is 9.95. The molecule has 5 nitrogen and oxygen atoms in total. The highest BCUT2D eigenvalue weighted by Crippen LogP contribution is 2.30. The van der Waals surface area contributed by atoms with Gasteiger partial charge in [-0.05, 0) is 73.0 Å². The quantitative estimate of drug-likeness (QED) is 0.430. The van der Waals surface area contributed by atoms with E-state index in [4.69, 9.17) is 0 Å². The van der Waals surface area contributed by atoms with Crippen LogP contribution in [-0.2, 0) is 16.7 Å². The summed E-state index contributed by atoms with van der Waals surface area (Å²) in [7, 11) is 0. The third-order valence-electron chi connectivity index (χ3n) is 5.86. The summed E-state index contributed by atoms with van der Waals surface area (Å²) in [6.45, 7) is 0.754. The van der Waals surface area contributed by atoms with Crippen LogP contribution in [0.4, 0.5) is 18.9 Å². The zero-order valence-corrected chi connectivity index (χ0v) is 19.6. The van der Waals surface area contributed by atoms with Crippen LogP contribution < -0.4 is 5.32 Å². The van der Waals surface area contributed by atoms with E-state index in [-0.39, 0.29) is 23.3 Å². The molecule has 0 saturated carbocycles. The highest BCUT2D eigenvalue weighted by molar-refractivity contribution is 7.98. The fourth-order valence-corrected chi connectivity index (χ4v) is 4.69. The predicted molar refractivity (Wildman–Crippen MR) is 129 cm³/mol. The van der Waals surface area contributed by atoms with Crippen molar-refractivity contribution < 1.29 is 22.8 Å². The molecule has 0 radical (unpaired) electrons. The molecule has 0 atom stereocenters. The second-order valence-corrected chi connectivity index (χ2v) is 9.35. The van der Waals surface area contributed by atoms with Crippen molar-refractivity contribution in [2.75, 3.05) is 18.4 Å². The van der Waals surface area contributed by atoms with Crippen LogP contribution in [0.2, 0.25) is 0 Å². The number of nitrogens with one attached hydrogen (secondary N) is 1. The zero-order valence-electron chi connectivity index (χ0n) is 18.8. The van der Waals surface area contributed by atoms with Crippen molar-refractivity contribution >= 4 is 29.3 Å². The number of alkyl halides is 3. The van der Waals surface area contributed by atoms with Crippen molar-refractivity contribution in [3.05, 3.63) is 89.7 Å². The Morgan fingerprint density at radius 2 is 1.69 bits per heavy atom. The van der Waals surface area contributed by atoms with Gasteiger partial charge >= 0.3 is 6.18 Å². The molecule has 1 aliphatic rings. The SMILES string of the molecule is O=C(Nc1ccc(SCc2cccnc2)cc1)C1CCN(C(=O)c2ccc(C(F)(F)F)cc2)CC1. The fourth-order valence-electron chi connectivity index (χ4n) is 3.86. The molecule has 4 rings (SSSR count). The largest absolute Gasteiger partial charge is 0.416 e. The fraction of sp³-hybridized carbons (Fsp3) is 0.269. The maximum absolute atomic E-state index is 12.7. The van der Waals surface area contributed by atoms with Crippen molar-refractivity contribution in [1.29, 1.82) is 0 Å². The number of pyridine rings is 1. The van der Waals surface area contributed by atoms with Crippen molar-refractivity contribution in [1.82, 2.24) is 9.88 Å². The van der Waals surface area contributed by atoms with Gasteiger partial charge in [-0.2, -0.15) is 13.2 Å². The van der Waals surface area contributed by atoms with Gasteiger partial charge in [0.1, 0.15) is 0 Å². The van der Waals surface area contributed by atoms with Gasteiger partial charge in [-0.1, -0.05) is 6.07 Å². The average Bonchev–Trinajstić information content (AvgIpc) is 2.88. The van der Waals surface area contributed by atoms with Crippen LogP contribution in [-0.4, -0.2) is 34.8 Å². The minimum Gasteiger partial charge on any atom is -0.339 e. The molecule has 1 aromatic heterocycles. The Hall–Kier alpha value is -3.33. The van der Waals surface area contributed by atoms with E-state index in [1.807, 2.05) is 42.6 Å². The second kappa shape index (κ2) is 10.9. The summed E-state index contributed by atoms with van der Waals surface area (Å²) in [5.74, 6) is 0.161. The standard InChI is InChI=1S/C26H24F3N3O2S/c27-26(28,29)21-5-3-20(4-6-21)25(34)32-14-11-19(12-15-32)24(33)31-22-7-9-23(10-8-22)35-17-18-2-1-13-30-16-18/h1-10,13,16,19H,11-12,14-15,17H2,(H,31,33). The van der Waals surface area contributed by atoms with Crippen molar-refractivity contribution in [2.45, 2.75) is 29.7 Å². The van der Waals surface area contributed by atoms with Crippen LogP contribution >= 0.6 is 11.8 Å². The second-order valence-electron chi connectivity index (χ2n) is 8.31. The zero-order chi connectivity index (χ0) is 24.8.